The van der Waals surface area contributed by atoms with Gasteiger partial charge >= 0.3 is 0 Å². The average molecular weight is 229 g/mol. The molecule has 1 unspecified atom stereocenters. The summed E-state index contributed by atoms with van der Waals surface area (Å²) in [6, 6.07) is 2.80. The van der Waals surface area contributed by atoms with Crippen LogP contribution in [0.5, 0.6) is 0 Å². The Morgan fingerprint density at radius 2 is 2.40 bits per heavy atom. The third-order valence-corrected chi connectivity index (χ3v) is 2.43. The second-order valence-corrected chi connectivity index (χ2v) is 3.77. The van der Waals surface area contributed by atoms with Crippen LogP contribution in [0.1, 0.15) is 23.7 Å². The zero-order chi connectivity index (χ0) is 11.3. The SMILES string of the molecule is CCC(Cl)CNC(=O)c1cc[nH]c(=O)c1. The van der Waals surface area contributed by atoms with Gasteiger partial charge in [0.05, 0.1) is 5.38 Å². The van der Waals surface area contributed by atoms with Crippen molar-refractivity contribution in [1.82, 2.24) is 10.3 Å². The number of alkyl halides is 1. The Balaban J connectivity index is 2.58. The number of pyridine rings is 1. The van der Waals surface area contributed by atoms with Crippen LogP contribution in [0.2, 0.25) is 0 Å². The third-order valence-electron chi connectivity index (χ3n) is 1.96. The van der Waals surface area contributed by atoms with E-state index in [-0.39, 0.29) is 16.8 Å². The summed E-state index contributed by atoms with van der Waals surface area (Å²) in [5.74, 6) is -0.278. The molecule has 0 aliphatic rings. The minimum Gasteiger partial charge on any atom is -0.351 e. The normalized spacial score (nSPS) is 12.1. The van der Waals surface area contributed by atoms with Crippen LogP contribution in [0.25, 0.3) is 0 Å². The molecule has 0 aliphatic heterocycles. The predicted octanol–water partition coefficient (Wildman–Crippen LogP) is 1.12. The summed E-state index contributed by atoms with van der Waals surface area (Å²) < 4.78 is 0. The first-order valence-corrected chi connectivity index (χ1v) is 5.18. The maximum absolute atomic E-state index is 11.5. The molecular formula is C10H13ClN2O2. The van der Waals surface area contributed by atoms with Gasteiger partial charge in [0.1, 0.15) is 0 Å². The maximum atomic E-state index is 11.5. The summed E-state index contributed by atoms with van der Waals surface area (Å²) in [7, 11) is 0. The van der Waals surface area contributed by atoms with E-state index in [2.05, 4.69) is 10.3 Å². The minimum absolute atomic E-state index is 0.0732. The Labute approximate surface area is 92.7 Å². The molecule has 15 heavy (non-hydrogen) atoms. The highest BCUT2D eigenvalue weighted by molar-refractivity contribution is 6.20. The van der Waals surface area contributed by atoms with Gasteiger partial charge in [-0.3, -0.25) is 9.59 Å². The van der Waals surface area contributed by atoms with E-state index >= 15 is 0 Å². The van der Waals surface area contributed by atoms with Gasteiger partial charge in [-0.25, -0.2) is 0 Å². The maximum Gasteiger partial charge on any atom is 0.251 e. The van der Waals surface area contributed by atoms with E-state index in [1.165, 1.54) is 12.3 Å². The summed E-state index contributed by atoms with van der Waals surface area (Å²) in [5.41, 5.74) is 0.0549. The first-order valence-electron chi connectivity index (χ1n) is 4.74. The van der Waals surface area contributed by atoms with Crippen LogP contribution in [0.15, 0.2) is 23.1 Å². The predicted molar refractivity (Wildman–Crippen MR) is 59.3 cm³/mol. The third kappa shape index (κ3) is 3.75. The summed E-state index contributed by atoms with van der Waals surface area (Å²) in [4.78, 5) is 24.9. The molecule has 0 saturated heterocycles. The van der Waals surface area contributed by atoms with Crippen LogP contribution in [0, 0.1) is 0 Å². The molecule has 5 heteroatoms. The molecule has 0 spiro atoms. The Bertz CT molecular complexity index is 389. The molecule has 82 valence electrons. The van der Waals surface area contributed by atoms with Crippen LogP contribution in [-0.2, 0) is 0 Å². The van der Waals surface area contributed by atoms with Crippen molar-refractivity contribution in [2.75, 3.05) is 6.54 Å². The lowest BCUT2D eigenvalue weighted by atomic mass is 10.2. The first kappa shape index (κ1) is 11.8. The molecular weight excluding hydrogens is 216 g/mol. The molecule has 0 saturated carbocycles. The zero-order valence-electron chi connectivity index (χ0n) is 8.42. The van der Waals surface area contributed by atoms with Crippen LogP contribution >= 0.6 is 11.6 Å². The molecule has 2 N–H and O–H groups in total. The highest BCUT2D eigenvalue weighted by atomic mass is 35.5. The van der Waals surface area contributed by atoms with Gasteiger partial charge in [0, 0.05) is 24.4 Å². The molecule has 0 bridgehead atoms. The van der Waals surface area contributed by atoms with Crippen molar-refractivity contribution < 1.29 is 4.79 Å². The summed E-state index contributed by atoms with van der Waals surface area (Å²) >= 11 is 5.85. The summed E-state index contributed by atoms with van der Waals surface area (Å²) in [6.45, 7) is 2.35. The van der Waals surface area contributed by atoms with Crippen molar-refractivity contribution in [2.24, 2.45) is 0 Å². The fraction of sp³-hybridized carbons (Fsp3) is 0.400. The van der Waals surface area contributed by atoms with Gasteiger partial charge in [-0.05, 0) is 12.5 Å². The fourth-order valence-electron chi connectivity index (χ4n) is 1.04. The van der Waals surface area contributed by atoms with Crippen molar-refractivity contribution in [1.29, 1.82) is 0 Å². The molecule has 1 heterocycles. The van der Waals surface area contributed by atoms with Gasteiger partial charge in [0.2, 0.25) is 5.56 Å². The van der Waals surface area contributed by atoms with Crippen LogP contribution < -0.4 is 10.9 Å². The number of aromatic nitrogens is 1. The van der Waals surface area contributed by atoms with Crippen LogP contribution in [0.3, 0.4) is 0 Å². The Hall–Kier alpha value is -1.29. The average Bonchev–Trinajstić information content (AvgIpc) is 2.25. The molecule has 0 radical (unpaired) electrons. The largest absolute Gasteiger partial charge is 0.351 e. The van der Waals surface area contributed by atoms with Crippen molar-refractivity contribution in [2.45, 2.75) is 18.7 Å². The number of aromatic amines is 1. The lowest BCUT2D eigenvalue weighted by Crippen LogP contribution is -2.30. The van der Waals surface area contributed by atoms with Gasteiger partial charge in [-0.2, -0.15) is 0 Å². The number of halogens is 1. The molecule has 1 atom stereocenters. The summed E-state index contributed by atoms with van der Waals surface area (Å²) in [6.07, 6.45) is 2.23. The number of rotatable bonds is 4. The highest BCUT2D eigenvalue weighted by Gasteiger charge is 2.07. The molecule has 1 amide bonds. The Kier molecular flexibility index (Phi) is 4.37. The molecule has 1 aromatic rings. The van der Waals surface area contributed by atoms with E-state index in [4.69, 9.17) is 11.6 Å². The Morgan fingerprint density at radius 3 is 3.00 bits per heavy atom. The number of hydrogen-bond acceptors (Lipinski definition) is 2. The quantitative estimate of drug-likeness (QED) is 0.759. The summed E-state index contributed by atoms with van der Waals surface area (Å²) in [5, 5.41) is 2.58. The zero-order valence-corrected chi connectivity index (χ0v) is 9.17. The van der Waals surface area contributed by atoms with Crippen molar-refractivity contribution in [3.8, 4) is 0 Å². The van der Waals surface area contributed by atoms with E-state index in [9.17, 15) is 9.59 Å². The number of carbonyl (C=O) groups excluding carboxylic acids is 1. The standard InChI is InChI=1S/C10H13ClN2O2/c1-2-8(11)6-13-10(15)7-3-4-12-9(14)5-7/h3-5,8H,2,6H2,1H3,(H,12,14)(H,13,15). The molecule has 1 aromatic heterocycles. The minimum atomic E-state index is -0.291. The lowest BCUT2D eigenvalue weighted by Gasteiger charge is -2.07. The van der Waals surface area contributed by atoms with Crippen molar-refractivity contribution in [3.05, 3.63) is 34.2 Å². The number of amides is 1. The van der Waals surface area contributed by atoms with E-state index in [1.807, 2.05) is 6.92 Å². The molecule has 0 fully saturated rings. The van der Waals surface area contributed by atoms with Gasteiger partial charge in [-0.15, -0.1) is 11.6 Å². The molecule has 0 aromatic carbocycles. The Morgan fingerprint density at radius 1 is 1.67 bits per heavy atom. The lowest BCUT2D eigenvalue weighted by molar-refractivity contribution is 0.0953. The van der Waals surface area contributed by atoms with Gasteiger partial charge in [0.15, 0.2) is 0 Å². The van der Waals surface area contributed by atoms with E-state index in [0.717, 1.165) is 6.42 Å². The number of hydrogen-bond donors (Lipinski definition) is 2. The second kappa shape index (κ2) is 5.56. The number of H-pyrrole nitrogens is 1. The first-order chi connectivity index (χ1) is 7.13. The number of carbonyl (C=O) groups is 1. The smallest absolute Gasteiger partial charge is 0.251 e. The van der Waals surface area contributed by atoms with Gasteiger partial charge in [-0.1, -0.05) is 6.92 Å². The van der Waals surface area contributed by atoms with E-state index < -0.39 is 0 Å². The van der Waals surface area contributed by atoms with Crippen LogP contribution in [0.4, 0.5) is 0 Å². The highest BCUT2D eigenvalue weighted by Crippen LogP contribution is 1.99. The van der Waals surface area contributed by atoms with Gasteiger partial charge in [0.25, 0.3) is 5.91 Å². The van der Waals surface area contributed by atoms with Gasteiger partial charge < -0.3 is 10.3 Å². The molecule has 0 aliphatic carbocycles. The molecule has 1 rings (SSSR count). The van der Waals surface area contributed by atoms with Crippen molar-refractivity contribution >= 4 is 17.5 Å². The fourth-order valence-corrected chi connectivity index (χ4v) is 1.11. The van der Waals surface area contributed by atoms with Crippen molar-refractivity contribution in [3.63, 3.8) is 0 Å². The monoisotopic (exact) mass is 228 g/mol. The number of nitrogens with one attached hydrogen (secondary N) is 2. The molecule has 4 nitrogen and oxygen atoms in total. The second-order valence-electron chi connectivity index (χ2n) is 3.16. The van der Waals surface area contributed by atoms with E-state index in [1.54, 1.807) is 6.07 Å². The topological polar surface area (TPSA) is 62.0 Å². The van der Waals surface area contributed by atoms with E-state index in [0.29, 0.717) is 12.1 Å². The van der Waals surface area contributed by atoms with Crippen LogP contribution in [-0.4, -0.2) is 22.8 Å².